The first-order valence-corrected chi connectivity index (χ1v) is 11.5. The second kappa shape index (κ2) is 9.57. The lowest BCUT2D eigenvalue weighted by atomic mass is 10.1. The quantitative estimate of drug-likeness (QED) is 0.285. The summed E-state index contributed by atoms with van der Waals surface area (Å²) >= 11 is 0. The largest absolute Gasteiger partial charge is 0.406 e. The van der Waals surface area contributed by atoms with Crippen molar-refractivity contribution in [1.82, 2.24) is 15.1 Å². The van der Waals surface area contributed by atoms with Gasteiger partial charge in [-0.05, 0) is 12.0 Å². The average molecular weight is 444 g/mol. The van der Waals surface area contributed by atoms with E-state index in [0.717, 1.165) is 23.5 Å². The van der Waals surface area contributed by atoms with Crippen molar-refractivity contribution < 1.29 is 18.4 Å². The average Bonchev–Trinajstić information content (AvgIpc) is 3.43. The number of fused-ring (bicyclic) bond motifs is 1. The first-order chi connectivity index (χ1) is 15.1. The van der Waals surface area contributed by atoms with Crippen LogP contribution in [-0.4, -0.2) is 42.1 Å². The number of aromatic nitrogens is 2. The highest BCUT2D eigenvalue weighted by Crippen LogP contribution is 2.45. The molecule has 11 heteroatoms. The number of nitrogens with two attached hydrogens (primary N) is 1. The van der Waals surface area contributed by atoms with Gasteiger partial charge >= 0.3 is 7.75 Å². The lowest BCUT2D eigenvalue weighted by molar-refractivity contribution is -0.107. The number of rotatable bonds is 10. The van der Waals surface area contributed by atoms with Gasteiger partial charge in [0.25, 0.3) is 0 Å². The third-order valence-corrected chi connectivity index (χ3v) is 6.70. The molecule has 1 aliphatic heterocycles. The SMILES string of the molecule is Nc1ncnc2c1NCN2C1C=CC(COP(=O)(NCC=O)OCc2ccccc2)C1. The molecule has 0 amide bonds. The molecule has 0 fully saturated rings. The van der Waals surface area contributed by atoms with E-state index in [4.69, 9.17) is 14.8 Å². The topological polar surface area (TPSA) is 132 Å². The van der Waals surface area contributed by atoms with Crippen molar-refractivity contribution in [3.05, 3.63) is 54.4 Å². The maximum absolute atomic E-state index is 13.1. The zero-order chi connectivity index (χ0) is 21.7. The fraction of sp³-hybridized carbons (Fsp3) is 0.350. The Kier molecular flexibility index (Phi) is 6.62. The van der Waals surface area contributed by atoms with Gasteiger partial charge in [0.1, 0.15) is 18.3 Å². The van der Waals surface area contributed by atoms with Crippen LogP contribution >= 0.6 is 7.75 Å². The molecule has 31 heavy (non-hydrogen) atoms. The summed E-state index contributed by atoms with van der Waals surface area (Å²) in [6.45, 7) is 0.780. The molecule has 0 radical (unpaired) electrons. The number of hydrogen-bond acceptors (Lipinski definition) is 9. The number of carbonyl (C=O) groups excluding carboxylic acids is 1. The van der Waals surface area contributed by atoms with Crippen molar-refractivity contribution in [2.75, 3.05) is 35.8 Å². The van der Waals surface area contributed by atoms with Gasteiger partial charge in [-0.3, -0.25) is 9.05 Å². The maximum atomic E-state index is 13.1. The van der Waals surface area contributed by atoms with Crippen LogP contribution in [0, 0.1) is 5.92 Å². The summed E-state index contributed by atoms with van der Waals surface area (Å²) in [5.41, 5.74) is 7.52. The summed E-state index contributed by atoms with van der Waals surface area (Å²) < 4.78 is 24.3. The highest BCUT2D eigenvalue weighted by molar-refractivity contribution is 7.51. The summed E-state index contributed by atoms with van der Waals surface area (Å²) in [5.74, 6) is 1.24. The first kappa shape index (κ1) is 21.5. The van der Waals surface area contributed by atoms with Gasteiger partial charge in [-0.2, -0.15) is 0 Å². The third kappa shape index (κ3) is 5.11. The molecule has 164 valence electrons. The molecule has 2 aromatic rings. The van der Waals surface area contributed by atoms with Gasteiger partial charge in [-0.15, -0.1) is 0 Å². The number of anilines is 3. The fourth-order valence-corrected chi connectivity index (χ4v) is 4.86. The van der Waals surface area contributed by atoms with E-state index in [2.05, 4.69) is 31.3 Å². The van der Waals surface area contributed by atoms with Crippen LogP contribution in [0.15, 0.2) is 48.8 Å². The van der Waals surface area contributed by atoms with E-state index < -0.39 is 7.75 Å². The van der Waals surface area contributed by atoms with E-state index in [-0.39, 0.29) is 31.7 Å². The molecule has 0 bridgehead atoms. The summed E-state index contributed by atoms with van der Waals surface area (Å²) in [7, 11) is -3.64. The van der Waals surface area contributed by atoms with Crippen molar-refractivity contribution in [1.29, 1.82) is 0 Å². The van der Waals surface area contributed by atoms with E-state index in [1.807, 2.05) is 36.4 Å². The Balaban J connectivity index is 1.33. The number of hydrogen-bond donors (Lipinski definition) is 3. The van der Waals surface area contributed by atoms with Crippen molar-refractivity contribution in [2.45, 2.75) is 19.1 Å². The van der Waals surface area contributed by atoms with E-state index in [1.165, 1.54) is 6.33 Å². The van der Waals surface area contributed by atoms with Crippen LogP contribution in [0.1, 0.15) is 12.0 Å². The Labute approximate surface area is 180 Å². The predicted octanol–water partition coefficient (Wildman–Crippen LogP) is 2.32. The molecule has 3 unspecified atom stereocenters. The Morgan fingerprint density at radius 2 is 2.10 bits per heavy atom. The molecule has 10 nitrogen and oxygen atoms in total. The van der Waals surface area contributed by atoms with Crippen LogP contribution in [0.4, 0.5) is 17.3 Å². The minimum Gasteiger partial charge on any atom is -0.382 e. The minimum atomic E-state index is -3.64. The number of benzene rings is 1. The van der Waals surface area contributed by atoms with E-state index in [1.54, 1.807) is 0 Å². The molecule has 4 N–H and O–H groups in total. The van der Waals surface area contributed by atoms with Crippen LogP contribution in [0.2, 0.25) is 0 Å². The van der Waals surface area contributed by atoms with Crippen LogP contribution in [0.3, 0.4) is 0 Å². The lowest BCUT2D eigenvalue weighted by Gasteiger charge is -2.25. The highest BCUT2D eigenvalue weighted by Gasteiger charge is 2.33. The molecule has 0 spiro atoms. The zero-order valence-corrected chi connectivity index (χ0v) is 17.8. The molecule has 1 aliphatic carbocycles. The van der Waals surface area contributed by atoms with E-state index in [0.29, 0.717) is 18.8 Å². The normalized spacial score (nSPS) is 21.5. The number of nitrogen functional groups attached to an aromatic ring is 1. The van der Waals surface area contributed by atoms with Crippen molar-refractivity contribution >= 4 is 31.4 Å². The number of nitrogens with one attached hydrogen (secondary N) is 2. The smallest absolute Gasteiger partial charge is 0.382 e. The Morgan fingerprint density at radius 3 is 2.90 bits per heavy atom. The van der Waals surface area contributed by atoms with Gasteiger partial charge in [-0.25, -0.2) is 19.6 Å². The van der Waals surface area contributed by atoms with E-state index in [9.17, 15) is 9.36 Å². The summed E-state index contributed by atoms with van der Waals surface area (Å²) in [4.78, 5) is 21.2. The standard InChI is InChI=1S/C20H25N6O4P/c21-19-18-20(23-13-22-19)26(14-24-18)17-7-6-16(10-17)12-30-31(28,25-8-9-27)29-11-15-4-2-1-3-5-15/h1-7,9,13,16-17,24H,8,10-12,14H2,(H,25,28)(H2,21,22,23). The van der Waals surface area contributed by atoms with Crippen LogP contribution in [0.5, 0.6) is 0 Å². The second-order valence-corrected chi connectivity index (χ2v) is 9.12. The highest BCUT2D eigenvalue weighted by atomic mass is 31.2. The minimum absolute atomic E-state index is 0.0416. The summed E-state index contributed by atoms with van der Waals surface area (Å²) in [6, 6.07) is 9.47. The fourth-order valence-electron chi connectivity index (χ4n) is 3.60. The monoisotopic (exact) mass is 444 g/mol. The molecular formula is C20H25N6O4P. The Morgan fingerprint density at radius 1 is 1.26 bits per heavy atom. The third-order valence-electron chi connectivity index (χ3n) is 5.18. The van der Waals surface area contributed by atoms with Crippen molar-refractivity contribution in [2.24, 2.45) is 5.92 Å². The number of aldehydes is 1. The van der Waals surface area contributed by atoms with Gasteiger partial charge in [-0.1, -0.05) is 42.5 Å². The van der Waals surface area contributed by atoms with Gasteiger partial charge in [0.15, 0.2) is 11.6 Å². The molecule has 0 saturated heterocycles. The summed E-state index contributed by atoms with van der Waals surface area (Å²) in [5, 5.41) is 5.82. The van der Waals surface area contributed by atoms with Crippen molar-refractivity contribution in [3.8, 4) is 0 Å². The van der Waals surface area contributed by atoms with Crippen LogP contribution in [-0.2, 0) is 25.0 Å². The van der Waals surface area contributed by atoms with Crippen LogP contribution in [0.25, 0.3) is 0 Å². The summed E-state index contributed by atoms with van der Waals surface area (Å²) in [6.07, 6.45) is 6.95. The van der Waals surface area contributed by atoms with E-state index >= 15 is 0 Å². The molecule has 3 atom stereocenters. The molecule has 1 aromatic heterocycles. The molecular weight excluding hydrogens is 419 g/mol. The predicted molar refractivity (Wildman–Crippen MR) is 117 cm³/mol. The van der Waals surface area contributed by atoms with Gasteiger partial charge in [0, 0.05) is 5.92 Å². The molecule has 2 heterocycles. The zero-order valence-electron chi connectivity index (χ0n) is 16.9. The van der Waals surface area contributed by atoms with Gasteiger partial charge < -0.3 is 20.7 Å². The Bertz CT molecular complexity index is 989. The molecule has 1 aromatic carbocycles. The van der Waals surface area contributed by atoms with Gasteiger partial charge in [0.05, 0.1) is 32.5 Å². The molecule has 0 saturated carbocycles. The maximum Gasteiger partial charge on any atom is 0.406 e. The van der Waals surface area contributed by atoms with Crippen LogP contribution < -0.4 is 21.0 Å². The van der Waals surface area contributed by atoms with Gasteiger partial charge in [0.2, 0.25) is 0 Å². The lowest BCUT2D eigenvalue weighted by Crippen LogP contribution is -2.33. The van der Waals surface area contributed by atoms with Crippen molar-refractivity contribution in [3.63, 3.8) is 0 Å². The number of nitrogens with zero attached hydrogens (tertiary/aromatic N) is 3. The molecule has 2 aliphatic rings. The number of carbonyl (C=O) groups is 1. The Hall–Kier alpha value is -2.78. The molecule has 4 rings (SSSR count). The first-order valence-electron chi connectivity index (χ1n) is 9.99. The second-order valence-electron chi connectivity index (χ2n) is 7.29.